The summed E-state index contributed by atoms with van der Waals surface area (Å²) in [5.41, 5.74) is 3.23. The molecule has 7 heteroatoms. The van der Waals surface area contributed by atoms with Gasteiger partial charge in [-0.15, -0.1) is 0 Å². The van der Waals surface area contributed by atoms with Gasteiger partial charge in [-0.3, -0.25) is 9.78 Å². The van der Waals surface area contributed by atoms with E-state index in [9.17, 15) is 4.79 Å². The van der Waals surface area contributed by atoms with Crippen LogP contribution in [-0.4, -0.2) is 37.5 Å². The number of benzene rings is 1. The van der Waals surface area contributed by atoms with E-state index in [4.69, 9.17) is 23.9 Å². The zero-order chi connectivity index (χ0) is 21.0. The molecule has 1 aromatic carbocycles. The van der Waals surface area contributed by atoms with Crippen LogP contribution in [0.4, 0.5) is 5.69 Å². The molecule has 0 amide bonds. The van der Waals surface area contributed by atoms with Gasteiger partial charge in [-0.2, -0.15) is 0 Å². The smallest absolute Gasteiger partial charge is 0.309 e. The summed E-state index contributed by atoms with van der Waals surface area (Å²) in [6.45, 7) is 5.68. The van der Waals surface area contributed by atoms with Gasteiger partial charge >= 0.3 is 5.97 Å². The monoisotopic (exact) mass is 412 g/mol. The van der Waals surface area contributed by atoms with Crippen molar-refractivity contribution in [3.8, 4) is 11.5 Å². The first-order valence-corrected chi connectivity index (χ1v) is 10.5. The third kappa shape index (κ3) is 4.51. The van der Waals surface area contributed by atoms with Gasteiger partial charge in [-0.25, -0.2) is 0 Å². The van der Waals surface area contributed by atoms with Crippen molar-refractivity contribution in [1.29, 1.82) is 0 Å². The number of rotatable bonds is 8. The summed E-state index contributed by atoms with van der Waals surface area (Å²) in [5.74, 6) is 1.06. The highest BCUT2D eigenvalue weighted by atomic mass is 16.7. The Morgan fingerprint density at radius 1 is 1.23 bits per heavy atom. The fourth-order valence-corrected chi connectivity index (χ4v) is 3.85. The second-order valence-corrected chi connectivity index (χ2v) is 7.71. The zero-order valence-electron chi connectivity index (χ0n) is 17.5. The van der Waals surface area contributed by atoms with E-state index in [2.05, 4.69) is 11.4 Å². The summed E-state index contributed by atoms with van der Waals surface area (Å²) in [6.07, 6.45) is 2.87. The quantitative estimate of drug-likeness (QED) is 0.664. The van der Waals surface area contributed by atoms with E-state index in [1.807, 2.05) is 31.2 Å². The molecule has 2 aliphatic rings. The first kappa shape index (κ1) is 20.5. The minimum Gasteiger partial charge on any atom is -0.466 e. The van der Waals surface area contributed by atoms with Crippen LogP contribution in [0.15, 0.2) is 30.3 Å². The highest BCUT2D eigenvalue weighted by Crippen LogP contribution is 2.38. The van der Waals surface area contributed by atoms with E-state index in [0.717, 1.165) is 42.0 Å². The second-order valence-electron chi connectivity index (χ2n) is 7.71. The number of anilines is 1. The molecule has 1 N–H and O–H groups in total. The maximum atomic E-state index is 12.3. The van der Waals surface area contributed by atoms with Gasteiger partial charge in [0.25, 0.3) is 0 Å². The van der Waals surface area contributed by atoms with Crippen molar-refractivity contribution in [3.05, 3.63) is 47.3 Å². The van der Waals surface area contributed by atoms with Gasteiger partial charge in [0, 0.05) is 18.7 Å². The SMILES string of the molecule is CCOC(=O)CC(C)(OCCc1ccc2c(n1)CCCN2)c1ccc2c(c1)OCO2. The molecule has 1 atom stereocenters. The Balaban J connectivity index is 1.48. The molecule has 2 aromatic rings. The average molecular weight is 412 g/mol. The number of hydrogen-bond donors (Lipinski definition) is 1. The Hall–Kier alpha value is -2.80. The third-order valence-electron chi connectivity index (χ3n) is 5.49. The van der Waals surface area contributed by atoms with E-state index < -0.39 is 5.60 Å². The fourth-order valence-electron chi connectivity index (χ4n) is 3.85. The minimum atomic E-state index is -0.844. The highest BCUT2D eigenvalue weighted by Gasteiger charge is 2.33. The van der Waals surface area contributed by atoms with Crippen molar-refractivity contribution in [2.45, 2.75) is 45.1 Å². The van der Waals surface area contributed by atoms with E-state index >= 15 is 0 Å². The first-order chi connectivity index (χ1) is 14.6. The molecule has 0 bridgehead atoms. The van der Waals surface area contributed by atoms with Crippen LogP contribution in [0.5, 0.6) is 11.5 Å². The van der Waals surface area contributed by atoms with Gasteiger partial charge in [-0.1, -0.05) is 6.07 Å². The van der Waals surface area contributed by atoms with Crippen LogP contribution in [0.3, 0.4) is 0 Å². The van der Waals surface area contributed by atoms with Gasteiger partial charge < -0.3 is 24.3 Å². The molecule has 2 aliphatic heterocycles. The van der Waals surface area contributed by atoms with Gasteiger partial charge in [0.2, 0.25) is 6.79 Å². The number of fused-ring (bicyclic) bond motifs is 2. The molecule has 0 radical (unpaired) electrons. The van der Waals surface area contributed by atoms with Crippen LogP contribution in [0.1, 0.15) is 43.6 Å². The Morgan fingerprint density at radius 2 is 2.10 bits per heavy atom. The van der Waals surface area contributed by atoms with E-state index in [1.165, 1.54) is 0 Å². The zero-order valence-corrected chi connectivity index (χ0v) is 17.5. The normalized spacial score (nSPS) is 16.3. The van der Waals surface area contributed by atoms with Gasteiger partial charge in [0.05, 0.1) is 31.0 Å². The van der Waals surface area contributed by atoms with Gasteiger partial charge in [-0.05, 0) is 56.5 Å². The molecule has 30 heavy (non-hydrogen) atoms. The average Bonchev–Trinajstić information content (AvgIpc) is 3.22. The Labute approximate surface area is 176 Å². The second kappa shape index (κ2) is 8.92. The molecule has 0 spiro atoms. The number of hydrogen-bond acceptors (Lipinski definition) is 7. The lowest BCUT2D eigenvalue weighted by molar-refractivity contribution is -0.151. The molecule has 3 heterocycles. The summed E-state index contributed by atoms with van der Waals surface area (Å²) in [5, 5.41) is 3.38. The molecule has 1 aromatic heterocycles. The molecule has 160 valence electrons. The van der Waals surface area contributed by atoms with Crippen LogP contribution in [0.25, 0.3) is 0 Å². The maximum Gasteiger partial charge on any atom is 0.309 e. The maximum absolute atomic E-state index is 12.3. The minimum absolute atomic E-state index is 0.113. The standard InChI is InChI=1S/C23H28N2O5/c1-3-27-22(26)14-23(2,16-6-9-20-21(13-16)29-15-28-20)30-12-10-17-7-8-18-19(25-17)5-4-11-24-18/h6-9,13,24H,3-5,10-12,14-15H2,1-2H3. The molecule has 0 aliphatic carbocycles. The Kier molecular flexibility index (Phi) is 6.08. The highest BCUT2D eigenvalue weighted by molar-refractivity contribution is 5.71. The number of esters is 1. The van der Waals surface area contributed by atoms with Crippen molar-refractivity contribution < 1.29 is 23.7 Å². The summed E-state index contributed by atoms with van der Waals surface area (Å²) < 4.78 is 22.4. The van der Waals surface area contributed by atoms with Crippen molar-refractivity contribution in [3.63, 3.8) is 0 Å². The number of carbonyl (C=O) groups excluding carboxylic acids is 1. The van der Waals surface area contributed by atoms with Gasteiger partial charge in [0.15, 0.2) is 11.5 Å². The lowest BCUT2D eigenvalue weighted by Crippen LogP contribution is -2.31. The third-order valence-corrected chi connectivity index (χ3v) is 5.49. The Bertz CT molecular complexity index is 916. The fraction of sp³-hybridized carbons (Fsp3) is 0.478. The summed E-state index contributed by atoms with van der Waals surface area (Å²) in [4.78, 5) is 17.1. The predicted molar refractivity (Wildman–Crippen MR) is 112 cm³/mol. The largest absolute Gasteiger partial charge is 0.466 e. The molecule has 0 fully saturated rings. The number of carbonyl (C=O) groups is 1. The molecule has 0 saturated heterocycles. The van der Waals surface area contributed by atoms with Crippen molar-refractivity contribution in [2.75, 3.05) is 31.9 Å². The predicted octanol–water partition coefficient (Wildman–Crippen LogP) is 3.60. The van der Waals surface area contributed by atoms with E-state index in [1.54, 1.807) is 6.92 Å². The lowest BCUT2D eigenvalue weighted by atomic mass is 9.91. The number of aryl methyl sites for hydroxylation is 1. The Morgan fingerprint density at radius 3 is 2.97 bits per heavy atom. The molecular formula is C23H28N2O5. The van der Waals surface area contributed by atoms with Gasteiger partial charge in [0.1, 0.15) is 5.60 Å². The summed E-state index contributed by atoms with van der Waals surface area (Å²) in [7, 11) is 0. The molecule has 0 saturated carbocycles. The lowest BCUT2D eigenvalue weighted by Gasteiger charge is -2.30. The van der Waals surface area contributed by atoms with Crippen LogP contribution < -0.4 is 14.8 Å². The van der Waals surface area contributed by atoms with E-state index in [0.29, 0.717) is 31.1 Å². The van der Waals surface area contributed by atoms with Crippen LogP contribution in [-0.2, 0) is 32.7 Å². The van der Waals surface area contributed by atoms with Crippen molar-refractivity contribution in [2.24, 2.45) is 0 Å². The van der Waals surface area contributed by atoms with Crippen molar-refractivity contribution in [1.82, 2.24) is 4.98 Å². The summed E-state index contributed by atoms with van der Waals surface area (Å²) >= 11 is 0. The van der Waals surface area contributed by atoms with Crippen LogP contribution >= 0.6 is 0 Å². The number of nitrogens with one attached hydrogen (secondary N) is 1. The number of ether oxygens (including phenoxy) is 4. The topological polar surface area (TPSA) is 78.9 Å². The summed E-state index contributed by atoms with van der Waals surface area (Å²) in [6, 6.07) is 9.76. The van der Waals surface area contributed by atoms with Crippen molar-refractivity contribution >= 4 is 11.7 Å². The number of pyridine rings is 1. The molecular weight excluding hydrogens is 384 g/mol. The number of aromatic nitrogens is 1. The number of nitrogens with zero attached hydrogens (tertiary/aromatic N) is 1. The molecule has 4 rings (SSSR count). The molecule has 7 nitrogen and oxygen atoms in total. The molecule has 1 unspecified atom stereocenters. The van der Waals surface area contributed by atoms with Crippen LogP contribution in [0, 0.1) is 0 Å². The van der Waals surface area contributed by atoms with E-state index in [-0.39, 0.29) is 19.2 Å². The van der Waals surface area contributed by atoms with Crippen LogP contribution in [0.2, 0.25) is 0 Å². The first-order valence-electron chi connectivity index (χ1n) is 10.5.